The van der Waals surface area contributed by atoms with Crippen LogP contribution in [-0.4, -0.2) is 17.8 Å². The monoisotopic (exact) mass is 129 g/mol. The molecule has 52 valence electrons. The summed E-state index contributed by atoms with van der Waals surface area (Å²) >= 11 is 0. The van der Waals surface area contributed by atoms with E-state index in [1.54, 1.807) is 0 Å². The summed E-state index contributed by atoms with van der Waals surface area (Å²) in [7, 11) is 0. The molecule has 0 amide bonds. The van der Waals surface area contributed by atoms with Gasteiger partial charge in [0.25, 0.3) is 5.87 Å². The number of rotatable bonds is 3. The number of carbonyl (C=O) groups is 1. The van der Waals surface area contributed by atoms with E-state index in [0.717, 1.165) is 0 Å². The van der Waals surface area contributed by atoms with Crippen molar-refractivity contribution in [1.29, 1.82) is 0 Å². The Morgan fingerprint density at radius 3 is 2.33 bits per heavy atom. The third-order valence-electron chi connectivity index (χ3n) is 1.04. The van der Waals surface area contributed by atoms with Gasteiger partial charge in [-0.15, -0.1) is 0 Å². The van der Waals surface area contributed by atoms with Gasteiger partial charge in [-0.2, -0.15) is 0 Å². The fraction of sp³-hybridized carbons (Fsp3) is 0.800. The molecule has 0 aromatic heterocycles. The van der Waals surface area contributed by atoms with Gasteiger partial charge in [-0.3, -0.25) is 4.79 Å². The van der Waals surface area contributed by atoms with Crippen LogP contribution >= 0.6 is 0 Å². The summed E-state index contributed by atoms with van der Waals surface area (Å²) in [6.45, 7) is 3.20. The van der Waals surface area contributed by atoms with E-state index in [0.29, 0.717) is 12.2 Å². The second-order valence-corrected chi connectivity index (χ2v) is 2.57. The number of hydrogen-bond donors (Lipinski definition) is 2. The maximum Gasteiger partial charge on any atom is 0.353 e. The molecule has 0 aromatic rings. The summed E-state index contributed by atoms with van der Waals surface area (Å²) in [5, 5.41) is 8.31. The molecule has 0 rings (SSSR count). The van der Waals surface area contributed by atoms with E-state index in [2.05, 4.69) is 0 Å². The minimum absolute atomic E-state index is 0.357. The van der Waals surface area contributed by atoms with Gasteiger partial charge in [0.2, 0.25) is 0 Å². The highest BCUT2D eigenvalue weighted by atomic mass is 16.4. The second kappa shape index (κ2) is 3.51. The minimum atomic E-state index is -0.913. The quantitative estimate of drug-likeness (QED) is 0.555. The zero-order valence-corrected chi connectivity index (χ0v) is 5.79. The normalized spacial score (nSPS) is 9.78. The van der Waals surface area contributed by atoms with Crippen molar-refractivity contribution in [3.63, 3.8) is 0 Å². The first-order valence-electron chi connectivity index (χ1n) is 3.02. The molecule has 0 atom stereocenters. The van der Waals surface area contributed by atoms with Crippen LogP contribution in [-0.2, 0) is 0 Å². The van der Waals surface area contributed by atoms with Crippen LogP contribution in [0.3, 0.4) is 0 Å². The zero-order valence-electron chi connectivity index (χ0n) is 5.79. The van der Waals surface area contributed by atoms with Crippen molar-refractivity contribution < 1.29 is 9.90 Å². The largest absolute Gasteiger partial charge is 0.488 e. The Kier molecular flexibility index (Phi) is 3.31. The lowest BCUT2D eigenvalue weighted by atomic mass is 9.58. The molecule has 0 heterocycles. The van der Waals surface area contributed by atoms with E-state index in [9.17, 15) is 4.79 Å². The number of nitrogens with two attached hydrogens (primary N) is 1. The van der Waals surface area contributed by atoms with E-state index in [1.807, 2.05) is 13.8 Å². The summed E-state index contributed by atoms with van der Waals surface area (Å²) in [4.78, 5) is 10.1. The third-order valence-corrected chi connectivity index (χ3v) is 1.04. The summed E-state index contributed by atoms with van der Waals surface area (Å²) in [6.07, 6.45) is 0.551. The first-order valence-corrected chi connectivity index (χ1v) is 3.02. The van der Waals surface area contributed by atoms with Crippen molar-refractivity contribution in [2.75, 3.05) is 0 Å². The van der Waals surface area contributed by atoms with Gasteiger partial charge in [-0.1, -0.05) is 19.8 Å². The predicted molar refractivity (Wildman–Crippen MR) is 37.6 cm³/mol. The molecule has 0 unspecified atom stereocenters. The van der Waals surface area contributed by atoms with E-state index in [1.165, 1.54) is 0 Å². The minimum Gasteiger partial charge on any atom is -0.488 e. The first kappa shape index (κ1) is 8.49. The lowest BCUT2D eigenvalue weighted by molar-refractivity contribution is 0.218. The van der Waals surface area contributed by atoms with Crippen LogP contribution in [0.15, 0.2) is 0 Å². The molecule has 0 aliphatic rings. The molecule has 3 nitrogen and oxygen atoms in total. The summed E-state index contributed by atoms with van der Waals surface area (Å²) < 4.78 is 0. The van der Waals surface area contributed by atoms with Crippen LogP contribution in [0.2, 0.25) is 6.32 Å². The van der Waals surface area contributed by atoms with E-state index in [4.69, 9.17) is 10.8 Å². The second-order valence-electron chi connectivity index (χ2n) is 2.57. The van der Waals surface area contributed by atoms with Gasteiger partial charge < -0.3 is 10.8 Å². The molecule has 0 aliphatic carbocycles. The Bertz CT molecular complexity index is 105. The average Bonchev–Trinajstić information content (AvgIpc) is 1.63. The molecule has 0 aliphatic heterocycles. The molecule has 4 heteroatoms. The van der Waals surface area contributed by atoms with Crippen molar-refractivity contribution in [2.24, 2.45) is 11.6 Å². The van der Waals surface area contributed by atoms with Gasteiger partial charge in [-0.25, -0.2) is 0 Å². The molecule has 0 saturated heterocycles. The van der Waals surface area contributed by atoms with Crippen molar-refractivity contribution >= 4 is 12.7 Å². The highest BCUT2D eigenvalue weighted by molar-refractivity contribution is 6.85. The van der Waals surface area contributed by atoms with Crippen LogP contribution in [0.1, 0.15) is 13.8 Å². The van der Waals surface area contributed by atoms with Crippen molar-refractivity contribution in [2.45, 2.75) is 20.2 Å². The molecule has 0 fully saturated rings. The molecule has 0 aromatic carbocycles. The van der Waals surface area contributed by atoms with Crippen LogP contribution < -0.4 is 5.64 Å². The van der Waals surface area contributed by atoms with Crippen LogP contribution in [0, 0.1) is 5.92 Å². The molecular formula is C5H12BNO2. The fourth-order valence-electron chi connectivity index (χ4n) is 0.609. The smallest absolute Gasteiger partial charge is 0.353 e. The lowest BCUT2D eigenvalue weighted by Gasteiger charge is -2.03. The van der Waals surface area contributed by atoms with Gasteiger partial charge in [0.15, 0.2) is 0 Å². The fourth-order valence-corrected chi connectivity index (χ4v) is 0.609. The van der Waals surface area contributed by atoms with Gasteiger partial charge in [0, 0.05) is 0 Å². The number of hydrogen-bond acceptors (Lipinski definition) is 2. The van der Waals surface area contributed by atoms with Gasteiger partial charge in [0.1, 0.15) is 0 Å². The lowest BCUT2D eigenvalue weighted by Crippen LogP contribution is -2.35. The molecule has 0 bridgehead atoms. The standard InChI is InChI=1S/C5H12BNO2/c1-4(2)3-6(7)5(8)9/h4H,3,7H2,1-2H3,(H,8,9). The molecule has 0 spiro atoms. The van der Waals surface area contributed by atoms with Crippen LogP contribution in [0.5, 0.6) is 0 Å². The molecule has 9 heavy (non-hydrogen) atoms. The van der Waals surface area contributed by atoms with Crippen LogP contribution in [0.4, 0.5) is 4.79 Å². The molecular weight excluding hydrogens is 117 g/mol. The summed E-state index contributed by atoms with van der Waals surface area (Å²) in [6, 6.07) is 0. The van der Waals surface area contributed by atoms with Gasteiger partial charge >= 0.3 is 6.85 Å². The highest BCUT2D eigenvalue weighted by Crippen LogP contribution is 2.01. The molecule has 0 saturated carbocycles. The average molecular weight is 129 g/mol. The Labute approximate surface area is 55.3 Å². The zero-order chi connectivity index (χ0) is 7.44. The van der Waals surface area contributed by atoms with E-state index < -0.39 is 12.7 Å². The van der Waals surface area contributed by atoms with Crippen molar-refractivity contribution in [3.05, 3.63) is 0 Å². The van der Waals surface area contributed by atoms with Crippen LogP contribution in [0.25, 0.3) is 0 Å². The SMILES string of the molecule is CC(C)CB(N)C(=O)O. The van der Waals surface area contributed by atoms with E-state index >= 15 is 0 Å². The predicted octanol–water partition coefficient (Wildman–Crippen LogP) is 0.852. The highest BCUT2D eigenvalue weighted by Gasteiger charge is 2.18. The maximum absolute atomic E-state index is 10.1. The Balaban J connectivity index is 3.50. The maximum atomic E-state index is 10.1. The summed E-state index contributed by atoms with van der Waals surface area (Å²) in [5.41, 5.74) is 5.22. The van der Waals surface area contributed by atoms with E-state index in [-0.39, 0.29) is 0 Å². The third kappa shape index (κ3) is 4.03. The van der Waals surface area contributed by atoms with Crippen molar-refractivity contribution in [3.8, 4) is 0 Å². The Morgan fingerprint density at radius 2 is 2.22 bits per heavy atom. The Morgan fingerprint density at radius 1 is 1.78 bits per heavy atom. The number of carboxylic acid groups (broad SMARTS) is 1. The topological polar surface area (TPSA) is 63.3 Å². The first-order chi connectivity index (χ1) is 4.04. The van der Waals surface area contributed by atoms with Gasteiger partial charge in [0.05, 0.1) is 0 Å². The van der Waals surface area contributed by atoms with Gasteiger partial charge in [-0.05, 0) is 6.32 Å². The Hall–Kier alpha value is -0.505. The molecule has 0 radical (unpaired) electrons. The molecule has 3 N–H and O–H groups in total. The van der Waals surface area contributed by atoms with Crippen molar-refractivity contribution in [1.82, 2.24) is 0 Å². The summed E-state index contributed by atoms with van der Waals surface area (Å²) in [5.74, 6) is -0.556.